The van der Waals surface area contributed by atoms with Gasteiger partial charge in [0.05, 0.1) is 16.7 Å². The molecule has 0 atom stereocenters. The van der Waals surface area contributed by atoms with E-state index in [1.807, 2.05) is 43.3 Å². The van der Waals surface area contributed by atoms with E-state index in [-0.39, 0.29) is 5.91 Å². The molecule has 5 heteroatoms. The standard InChI is InChI=1S/C17H17Cl2NO2/c1-2-17(21)20-13-4-3-5-14(11-13)22-9-8-12-6-7-15(18)16(19)10-12/h3-7,10-11H,2,8-9H2,1H3,(H,20,21). The van der Waals surface area contributed by atoms with Crippen molar-refractivity contribution in [1.82, 2.24) is 0 Å². The second kappa shape index (κ2) is 8.06. The van der Waals surface area contributed by atoms with Gasteiger partial charge >= 0.3 is 0 Å². The van der Waals surface area contributed by atoms with Gasteiger partial charge in [0.1, 0.15) is 5.75 Å². The highest BCUT2D eigenvalue weighted by Crippen LogP contribution is 2.23. The quantitative estimate of drug-likeness (QED) is 0.808. The monoisotopic (exact) mass is 337 g/mol. The minimum atomic E-state index is -0.0204. The van der Waals surface area contributed by atoms with Crippen molar-refractivity contribution in [2.75, 3.05) is 11.9 Å². The summed E-state index contributed by atoms with van der Waals surface area (Å²) >= 11 is 11.9. The van der Waals surface area contributed by atoms with Crippen LogP contribution in [0.3, 0.4) is 0 Å². The van der Waals surface area contributed by atoms with E-state index in [2.05, 4.69) is 5.32 Å². The molecule has 1 amide bonds. The van der Waals surface area contributed by atoms with Gasteiger partial charge < -0.3 is 10.1 Å². The van der Waals surface area contributed by atoms with Crippen molar-refractivity contribution in [3.05, 3.63) is 58.1 Å². The fourth-order valence-corrected chi connectivity index (χ4v) is 2.22. The van der Waals surface area contributed by atoms with Gasteiger partial charge in [0.2, 0.25) is 5.91 Å². The summed E-state index contributed by atoms with van der Waals surface area (Å²) in [7, 11) is 0. The van der Waals surface area contributed by atoms with Crippen LogP contribution in [0.1, 0.15) is 18.9 Å². The molecule has 22 heavy (non-hydrogen) atoms. The zero-order chi connectivity index (χ0) is 15.9. The van der Waals surface area contributed by atoms with Crippen molar-refractivity contribution >= 4 is 34.8 Å². The van der Waals surface area contributed by atoms with Crippen LogP contribution in [0.25, 0.3) is 0 Å². The average molecular weight is 338 g/mol. The fourth-order valence-electron chi connectivity index (χ4n) is 1.89. The van der Waals surface area contributed by atoms with Crippen LogP contribution in [0.15, 0.2) is 42.5 Å². The molecule has 2 aromatic rings. The van der Waals surface area contributed by atoms with Crippen LogP contribution in [-0.4, -0.2) is 12.5 Å². The SMILES string of the molecule is CCC(=O)Nc1cccc(OCCc2ccc(Cl)c(Cl)c2)c1. The number of carbonyl (C=O) groups is 1. The van der Waals surface area contributed by atoms with Crippen LogP contribution >= 0.6 is 23.2 Å². The van der Waals surface area contributed by atoms with Crippen LogP contribution < -0.4 is 10.1 Å². The number of hydrogen-bond acceptors (Lipinski definition) is 2. The molecule has 0 bridgehead atoms. The molecular weight excluding hydrogens is 321 g/mol. The second-order valence-corrected chi connectivity index (χ2v) is 5.59. The molecule has 0 aliphatic heterocycles. The number of ether oxygens (including phenoxy) is 1. The number of nitrogens with one attached hydrogen (secondary N) is 1. The van der Waals surface area contributed by atoms with E-state index in [1.54, 1.807) is 6.07 Å². The zero-order valence-corrected chi connectivity index (χ0v) is 13.7. The highest BCUT2D eigenvalue weighted by atomic mass is 35.5. The molecule has 2 rings (SSSR count). The largest absolute Gasteiger partial charge is 0.493 e. The maximum absolute atomic E-state index is 11.4. The van der Waals surface area contributed by atoms with Gasteiger partial charge in [-0.15, -0.1) is 0 Å². The molecule has 0 unspecified atom stereocenters. The van der Waals surface area contributed by atoms with Crippen molar-refractivity contribution in [3.8, 4) is 5.75 Å². The molecule has 0 aliphatic rings. The topological polar surface area (TPSA) is 38.3 Å². The third kappa shape index (κ3) is 4.93. The number of carbonyl (C=O) groups excluding carboxylic acids is 1. The Morgan fingerprint density at radius 3 is 2.68 bits per heavy atom. The first-order valence-electron chi connectivity index (χ1n) is 7.05. The fraction of sp³-hybridized carbons (Fsp3) is 0.235. The Kier molecular flexibility index (Phi) is 6.10. The van der Waals surface area contributed by atoms with Crippen molar-refractivity contribution in [2.45, 2.75) is 19.8 Å². The smallest absolute Gasteiger partial charge is 0.224 e. The first kappa shape index (κ1) is 16.7. The van der Waals surface area contributed by atoms with Gasteiger partial charge in [-0.2, -0.15) is 0 Å². The van der Waals surface area contributed by atoms with E-state index in [9.17, 15) is 4.79 Å². The minimum absolute atomic E-state index is 0.0204. The van der Waals surface area contributed by atoms with E-state index >= 15 is 0 Å². The minimum Gasteiger partial charge on any atom is -0.493 e. The Bertz CT molecular complexity index is 659. The molecule has 0 radical (unpaired) electrons. The number of benzene rings is 2. The molecule has 0 saturated carbocycles. The molecule has 3 nitrogen and oxygen atoms in total. The predicted octanol–water partition coefficient (Wildman–Crippen LogP) is 4.96. The summed E-state index contributed by atoms with van der Waals surface area (Å²) in [4.78, 5) is 11.4. The maximum atomic E-state index is 11.4. The summed E-state index contributed by atoms with van der Waals surface area (Å²) < 4.78 is 5.71. The van der Waals surface area contributed by atoms with Crippen molar-refractivity contribution < 1.29 is 9.53 Å². The summed E-state index contributed by atoms with van der Waals surface area (Å²) in [5.41, 5.74) is 1.80. The molecule has 116 valence electrons. The van der Waals surface area contributed by atoms with E-state index in [0.717, 1.165) is 17.7 Å². The number of rotatable bonds is 6. The van der Waals surface area contributed by atoms with Gasteiger partial charge in [0.15, 0.2) is 0 Å². The van der Waals surface area contributed by atoms with E-state index in [1.165, 1.54) is 0 Å². The van der Waals surface area contributed by atoms with Crippen molar-refractivity contribution in [3.63, 3.8) is 0 Å². The highest BCUT2D eigenvalue weighted by molar-refractivity contribution is 6.42. The zero-order valence-electron chi connectivity index (χ0n) is 12.2. The lowest BCUT2D eigenvalue weighted by Crippen LogP contribution is -2.09. The van der Waals surface area contributed by atoms with Gasteiger partial charge in [0, 0.05) is 24.6 Å². The number of anilines is 1. The van der Waals surface area contributed by atoms with Crippen LogP contribution in [0.5, 0.6) is 5.75 Å². The summed E-state index contributed by atoms with van der Waals surface area (Å²) in [5.74, 6) is 0.696. The third-order valence-corrected chi connectivity index (χ3v) is 3.82. The number of halogens is 2. The summed E-state index contributed by atoms with van der Waals surface area (Å²) in [6.07, 6.45) is 1.17. The molecular formula is C17H17Cl2NO2. The molecule has 0 aliphatic carbocycles. The van der Waals surface area contributed by atoms with Crippen LogP contribution in [0.4, 0.5) is 5.69 Å². The van der Waals surface area contributed by atoms with Gasteiger partial charge in [-0.05, 0) is 29.8 Å². The normalized spacial score (nSPS) is 10.3. The number of hydrogen-bond donors (Lipinski definition) is 1. The Morgan fingerprint density at radius 2 is 1.95 bits per heavy atom. The molecule has 0 saturated heterocycles. The van der Waals surface area contributed by atoms with Crippen molar-refractivity contribution in [1.29, 1.82) is 0 Å². The number of amides is 1. The maximum Gasteiger partial charge on any atom is 0.224 e. The first-order valence-corrected chi connectivity index (χ1v) is 7.80. The van der Waals surface area contributed by atoms with Crippen molar-refractivity contribution in [2.24, 2.45) is 0 Å². The predicted molar refractivity (Wildman–Crippen MR) is 91.0 cm³/mol. The van der Waals surface area contributed by atoms with Crippen LogP contribution in [0.2, 0.25) is 10.0 Å². The highest BCUT2D eigenvalue weighted by Gasteiger charge is 2.02. The Morgan fingerprint density at radius 1 is 1.14 bits per heavy atom. The molecule has 0 heterocycles. The Labute approximate surface area is 140 Å². The lowest BCUT2D eigenvalue weighted by molar-refractivity contribution is -0.115. The van der Waals surface area contributed by atoms with E-state index in [0.29, 0.717) is 28.8 Å². The Hall–Kier alpha value is -1.71. The lowest BCUT2D eigenvalue weighted by Gasteiger charge is -2.09. The first-order chi connectivity index (χ1) is 10.6. The summed E-state index contributed by atoms with van der Waals surface area (Å²) in [6, 6.07) is 12.9. The molecule has 2 aromatic carbocycles. The molecule has 0 aromatic heterocycles. The van der Waals surface area contributed by atoms with Gasteiger partial charge in [0.25, 0.3) is 0 Å². The van der Waals surface area contributed by atoms with Crippen LogP contribution in [0, 0.1) is 0 Å². The molecule has 1 N–H and O–H groups in total. The Balaban J connectivity index is 1.90. The summed E-state index contributed by atoms with van der Waals surface area (Å²) in [5, 5.41) is 3.89. The van der Waals surface area contributed by atoms with E-state index in [4.69, 9.17) is 27.9 Å². The lowest BCUT2D eigenvalue weighted by atomic mass is 10.2. The second-order valence-electron chi connectivity index (χ2n) is 4.78. The van der Waals surface area contributed by atoms with Crippen LogP contribution in [-0.2, 0) is 11.2 Å². The van der Waals surface area contributed by atoms with Gasteiger partial charge in [-0.1, -0.05) is 42.3 Å². The third-order valence-electron chi connectivity index (χ3n) is 3.08. The van der Waals surface area contributed by atoms with Gasteiger partial charge in [-0.3, -0.25) is 4.79 Å². The molecule has 0 fully saturated rings. The molecule has 0 spiro atoms. The average Bonchev–Trinajstić information content (AvgIpc) is 2.51. The van der Waals surface area contributed by atoms with Gasteiger partial charge in [-0.25, -0.2) is 0 Å². The van der Waals surface area contributed by atoms with E-state index < -0.39 is 0 Å². The summed E-state index contributed by atoms with van der Waals surface area (Å²) in [6.45, 7) is 2.33.